The molecule has 1 spiro atoms. The van der Waals surface area contributed by atoms with Crippen LogP contribution < -0.4 is 0 Å². The number of hydrogen-bond acceptors (Lipinski definition) is 4. The monoisotopic (exact) mass is 411 g/mol. The first-order valence-corrected chi connectivity index (χ1v) is 11.2. The highest BCUT2D eigenvalue weighted by molar-refractivity contribution is 5.95. The lowest BCUT2D eigenvalue weighted by atomic mass is 9.78. The summed E-state index contributed by atoms with van der Waals surface area (Å²) in [6, 6.07) is 5.15. The zero-order chi connectivity index (χ0) is 21.1. The van der Waals surface area contributed by atoms with Gasteiger partial charge < -0.3 is 14.9 Å². The van der Waals surface area contributed by atoms with Gasteiger partial charge in [0, 0.05) is 44.4 Å². The van der Waals surface area contributed by atoms with E-state index in [9.17, 15) is 14.7 Å². The van der Waals surface area contributed by atoms with Crippen molar-refractivity contribution < 1.29 is 14.7 Å². The van der Waals surface area contributed by atoms with Crippen molar-refractivity contribution in [2.75, 3.05) is 45.8 Å². The number of aromatic hydroxyl groups is 1. The Labute approximate surface area is 179 Å². The molecule has 0 radical (unpaired) electrons. The fourth-order valence-electron chi connectivity index (χ4n) is 5.02. The fraction of sp³-hybridized carbons (Fsp3) is 0.583. The lowest BCUT2D eigenvalue weighted by molar-refractivity contribution is -0.128. The molecule has 2 amide bonds. The third-order valence-electron chi connectivity index (χ3n) is 7.14. The van der Waals surface area contributed by atoms with E-state index in [1.54, 1.807) is 24.3 Å². The molecule has 3 heterocycles. The maximum atomic E-state index is 12.9. The maximum Gasteiger partial charge on any atom is 0.254 e. The van der Waals surface area contributed by atoms with Crippen LogP contribution >= 0.6 is 0 Å². The van der Waals surface area contributed by atoms with E-state index < -0.39 is 0 Å². The molecule has 1 aromatic rings. The standard InChI is InChI=1S/C24H33N3O3/c1-19-6-7-20(17-21(19)28)23(30)27-16-10-24(18-27)8-14-26(15-9-24)22(29)5-4-13-25-11-2-3-12-25/h4-7,17,28H,2-3,8-16,18H2,1H3. The number of amides is 2. The summed E-state index contributed by atoms with van der Waals surface area (Å²) < 4.78 is 0. The molecule has 3 fully saturated rings. The Morgan fingerprint density at radius 3 is 2.37 bits per heavy atom. The van der Waals surface area contributed by atoms with Gasteiger partial charge in [-0.05, 0) is 75.2 Å². The number of phenolic OH excluding ortho intramolecular Hbond substituents is 1. The summed E-state index contributed by atoms with van der Waals surface area (Å²) in [6.45, 7) is 8.00. The van der Waals surface area contributed by atoms with Crippen molar-refractivity contribution in [3.63, 3.8) is 0 Å². The molecular formula is C24H33N3O3. The van der Waals surface area contributed by atoms with Gasteiger partial charge in [0.25, 0.3) is 5.91 Å². The Kier molecular flexibility index (Phi) is 6.14. The predicted molar refractivity (Wildman–Crippen MR) is 116 cm³/mol. The quantitative estimate of drug-likeness (QED) is 0.774. The number of piperidine rings is 1. The molecule has 0 aromatic heterocycles. The van der Waals surface area contributed by atoms with Crippen LogP contribution in [0.25, 0.3) is 0 Å². The van der Waals surface area contributed by atoms with Gasteiger partial charge in [0.15, 0.2) is 0 Å². The van der Waals surface area contributed by atoms with Crippen LogP contribution in [0.2, 0.25) is 0 Å². The molecule has 6 nitrogen and oxygen atoms in total. The fourth-order valence-corrected chi connectivity index (χ4v) is 5.02. The topological polar surface area (TPSA) is 64.1 Å². The van der Waals surface area contributed by atoms with Crippen LogP contribution in [-0.2, 0) is 4.79 Å². The summed E-state index contributed by atoms with van der Waals surface area (Å²) in [7, 11) is 0. The number of carbonyl (C=O) groups excluding carboxylic acids is 2. The van der Waals surface area contributed by atoms with E-state index in [0.29, 0.717) is 5.56 Å². The van der Waals surface area contributed by atoms with Crippen LogP contribution in [0.3, 0.4) is 0 Å². The molecule has 0 aliphatic carbocycles. The van der Waals surface area contributed by atoms with Crippen LogP contribution in [0.4, 0.5) is 0 Å². The molecule has 4 rings (SSSR count). The molecule has 3 aliphatic heterocycles. The van der Waals surface area contributed by atoms with Crippen LogP contribution in [0, 0.1) is 12.3 Å². The summed E-state index contributed by atoms with van der Waals surface area (Å²) in [5.41, 5.74) is 1.44. The van der Waals surface area contributed by atoms with Crippen LogP contribution in [0.5, 0.6) is 5.75 Å². The van der Waals surface area contributed by atoms with E-state index in [4.69, 9.17) is 0 Å². The number of aryl methyl sites for hydroxylation is 1. The van der Waals surface area contributed by atoms with E-state index in [-0.39, 0.29) is 23.0 Å². The summed E-state index contributed by atoms with van der Waals surface area (Å²) in [5, 5.41) is 9.92. The van der Waals surface area contributed by atoms with Crippen molar-refractivity contribution in [3.8, 4) is 5.75 Å². The summed E-state index contributed by atoms with van der Waals surface area (Å²) in [5.74, 6) is 0.273. The average molecular weight is 412 g/mol. The molecule has 0 saturated carbocycles. The zero-order valence-corrected chi connectivity index (χ0v) is 18.0. The van der Waals surface area contributed by atoms with Gasteiger partial charge >= 0.3 is 0 Å². The number of rotatable bonds is 4. The summed E-state index contributed by atoms with van der Waals surface area (Å²) in [6.07, 6.45) is 9.16. The molecule has 3 aliphatic rings. The second-order valence-corrected chi connectivity index (χ2v) is 9.21. The molecular weight excluding hydrogens is 378 g/mol. The van der Waals surface area contributed by atoms with Crippen molar-refractivity contribution >= 4 is 11.8 Å². The van der Waals surface area contributed by atoms with Crippen molar-refractivity contribution in [2.24, 2.45) is 5.41 Å². The highest BCUT2D eigenvalue weighted by Crippen LogP contribution is 2.41. The normalized spacial score (nSPS) is 21.8. The summed E-state index contributed by atoms with van der Waals surface area (Å²) >= 11 is 0. The molecule has 0 bridgehead atoms. The first-order valence-electron chi connectivity index (χ1n) is 11.2. The number of carbonyl (C=O) groups is 2. The minimum atomic E-state index is -0.00877. The molecule has 30 heavy (non-hydrogen) atoms. The lowest BCUT2D eigenvalue weighted by Gasteiger charge is -2.39. The first-order chi connectivity index (χ1) is 14.5. The zero-order valence-electron chi connectivity index (χ0n) is 18.0. The minimum absolute atomic E-state index is 0.00877. The molecule has 6 heteroatoms. The molecule has 1 N–H and O–H groups in total. The van der Waals surface area contributed by atoms with Crippen LogP contribution in [-0.4, -0.2) is 77.4 Å². The van der Waals surface area contributed by atoms with Gasteiger partial charge in [-0.15, -0.1) is 0 Å². The Balaban J connectivity index is 1.28. The van der Waals surface area contributed by atoms with Gasteiger partial charge in [-0.2, -0.15) is 0 Å². The van der Waals surface area contributed by atoms with Crippen molar-refractivity contribution in [1.29, 1.82) is 0 Å². The number of likely N-dealkylation sites (tertiary alicyclic amines) is 3. The van der Waals surface area contributed by atoms with Crippen molar-refractivity contribution in [3.05, 3.63) is 41.5 Å². The highest BCUT2D eigenvalue weighted by Gasteiger charge is 2.42. The molecule has 1 aromatic carbocycles. The minimum Gasteiger partial charge on any atom is -0.508 e. The SMILES string of the molecule is Cc1ccc(C(=O)N2CCC3(CCN(C(=O)C=CCN4CCCC4)CC3)C2)cc1O. The van der Waals surface area contributed by atoms with Gasteiger partial charge in [-0.1, -0.05) is 12.1 Å². The number of phenols is 1. The second kappa shape index (κ2) is 8.80. The van der Waals surface area contributed by atoms with E-state index in [0.717, 1.165) is 70.6 Å². The van der Waals surface area contributed by atoms with Crippen LogP contribution in [0.15, 0.2) is 30.4 Å². The molecule has 0 unspecified atom stereocenters. The number of benzene rings is 1. The summed E-state index contributed by atoms with van der Waals surface area (Å²) in [4.78, 5) is 31.6. The van der Waals surface area contributed by atoms with Crippen LogP contribution in [0.1, 0.15) is 48.0 Å². The predicted octanol–water partition coefficient (Wildman–Crippen LogP) is 2.81. The Morgan fingerprint density at radius 1 is 1.03 bits per heavy atom. The highest BCUT2D eigenvalue weighted by atomic mass is 16.3. The van der Waals surface area contributed by atoms with Gasteiger partial charge in [-0.25, -0.2) is 0 Å². The van der Waals surface area contributed by atoms with Crippen molar-refractivity contribution in [2.45, 2.75) is 39.0 Å². The van der Waals surface area contributed by atoms with E-state index in [2.05, 4.69) is 4.90 Å². The Bertz CT molecular complexity index is 821. The Hall–Kier alpha value is -2.34. The van der Waals surface area contributed by atoms with Crippen molar-refractivity contribution in [1.82, 2.24) is 14.7 Å². The smallest absolute Gasteiger partial charge is 0.254 e. The van der Waals surface area contributed by atoms with E-state index >= 15 is 0 Å². The van der Waals surface area contributed by atoms with Gasteiger partial charge in [0.05, 0.1) is 0 Å². The number of nitrogens with zero attached hydrogens (tertiary/aromatic N) is 3. The average Bonchev–Trinajstić information content (AvgIpc) is 3.41. The van der Waals surface area contributed by atoms with E-state index in [1.807, 2.05) is 22.8 Å². The second-order valence-electron chi connectivity index (χ2n) is 9.21. The van der Waals surface area contributed by atoms with Gasteiger partial charge in [0.1, 0.15) is 5.75 Å². The third-order valence-corrected chi connectivity index (χ3v) is 7.14. The molecule has 0 atom stereocenters. The molecule has 162 valence electrons. The number of hydrogen-bond donors (Lipinski definition) is 1. The Morgan fingerprint density at radius 2 is 1.70 bits per heavy atom. The van der Waals surface area contributed by atoms with Gasteiger partial charge in [0.2, 0.25) is 5.91 Å². The maximum absolute atomic E-state index is 12.9. The van der Waals surface area contributed by atoms with Gasteiger partial charge in [-0.3, -0.25) is 14.5 Å². The third kappa shape index (κ3) is 4.53. The first kappa shape index (κ1) is 20.9. The lowest BCUT2D eigenvalue weighted by Crippen LogP contribution is -2.44. The van der Waals surface area contributed by atoms with E-state index in [1.165, 1.54) is 12.8 Å². The molecule has 3 saturated heterocycles. The largest absolute Gasteiger partial charge is 0.508 e.